The van der Waals surface area contributed by atoms with Crippen molar-refractivity contribution in [2.75, 3.05) is 0 Å². The predicted molar refractivity (Wildman–Crippen MR) is 242 cm³/mol. The second-order valence-electron chi connectivity index (χ2n) is 19.0. The van der Waals surface area contributed by atoms with Crippen molar-refractivity contribution >= 4 is 38.8 Å². The molecule has 7 aromatic rings. The molecule has 3 atom stereocenters. The molecule has 4 heteroatoms. The molecule has 0 spiro atoms. The first-order chi connectivity index (χ1) is 27.9. The molecule has 5 aromatic carbocycles. The number of rotatable bonds is 7. The van der Waals surface area contributed by atoms with Gasteiger partial charge in [-0.2, -0.15) is 0 Å². The Morgan fingerprint density at radius 2 is 1.34 bits per heavy atom. The highest BCUT2D eigenvalue weighted by atomic mass is 16.5. The summed E-state index contributed by atoms with van der Waals surface area (Å²) in [5.74, 6) is 2.46. The number of ether oxygens (including phenoxy) is 2. The van der Waals surface area contributed by atoms with Crippen LogP contribution in [0.1, 0.15) is 90.5 Å². The first-order valence-corrected chi connectivity index (χ1v) is 21.2. The second kappa shape index (κ2) is 13.8. The van der Waals surface area contributed by atoms with Gasteiger partial charge in [-0.1, -0.05) is 112 Å². The second-order valence-corrected chi connectivity index (χ2v) is 19.0. The molecule has 0 N–H and O–H groups in total. The lowest BCUT2D eigenvalue weighted by molar-refractivity contribution is -0.0740. The van der Waals surface area contributed by atoms with Crippen LogP contribution in [0.2, 0.25) is 0 Å². The van der Waals surface area contributed by atoms with Gasteiger partial charge in [-0.25, -0.2) is 0 Å². The third kappa shape index (κ3) is 6.43. The summed E-state index contributed by atoms with van der Waals surface area (Å²) in [5, 5.41) is 3.83. The molecule has 2 aliphatic carbocycles. The highest BCUT2D eigenvalue weighted by Crippen LogP contribution is 2.51. The standard InChI is InChI=1S/C54H54N2O2/c1-34-35(30-40(33-53(2,3)4)58-54(5,6)7)24-27-51-52(34)45-31-36(25-26-50(45)57-51)37-28-38(55-46-20-12-8-16-41(46)42-17-9-13-21-47(42)55)32-39(29-37)56-48-22-14-10-18-43(48)44-19-11-15-23-49(44)56/h8-14,16-22,24-29,31-32,34,40,52H,15,23,30,33H2,1-7H3. The molecule has 58 heavy (non-hydrogen) atoms. The van der Waals surface area contributed by atoms with Crippen LogP contribution in [0.5, 0.6) is 5.75 Å². The molecule has 3 unspecified atom stereocenters. The average molecular weight is 763 g/mol. The van der Waals surface area contributed by atoms with Crippen LogP contribution in [0.3, 0.4) is 0 Å². The summed E-state index contributed by atoms with van der Waals surface area (Å²) >= 11 is 0. The van der Waals surface area contributed by atoms with Gasteiger partial charge in [-0.05, 0) is 124 Å². The molecule has 3 aliphatic rings. The summed E-state index contributed by atoms with van der Waals surface area (Å²) in [5.41, 5.74) is 13.8. The van der Waals surface area contributed by atoms with Crippen LogP contribution < -0.4 is 4.74 Å². The molecule has 0 amide bonds. The van der Waals surface area contributed by atoms with Gasteiger partial charge >= 0.3 is 0 Å². The van der Waals surface area contributed by atoms with Crippen molar-refractivity contribution in [3.8, 4) is 28.3 Å². The first kappa shape index (κ1) is 36.7. The molecule has 0 saturated carbocycles. The molecule has 0 radical (unpaired) electrons. The van der Waals surface area contributed by atoms with Gasteiger partial charge in [-0.3, -0.25) is 0 Å². The van der Waals surface area contributed by atoms with Gasteiger partial charge in [0.25, 0.3) is 0 Å². The fraction of sp³-hybridized carbons (Fsp3) is 0.296. The third-order valence-corrected chi connectivity index (χ3v) is 12.4. The zero-order chi connectivity index (χ0) is 39.9. The lowest BCUT2D eigenvalue weighted by Gasteiger charge is -2.35. The number of hydrogen-bond acceptors (Lipinski definition) is 2. The Balaban J connectivity index is 1.11. The van der Waals surface area contributed by atoms with Crippen molar-refractivity contribution in [3.63, 3.8) is 0 Å². The van der Waals surface area contributed by atoms with Gasteiger partial charge in [0.1, 0.15) is 11.5 Å². The van der Waals surface area contributed by atoms with E-state index in [0.717, 1.165) is 42.9 Å². The van der Waals surface area contributed by atoms with Crippen LogP contribution in [0.4, 0.5) is 0 Å². The lowest BCUT2D eigenvalue weighted by Crippen LogP contribution is -2.32. The van der Waals surface area contributed by atoms with Gasteiger partial charge in [0.2, 0.25) is 0 Å². The molecular formula is C54H54N2O2. The average Bonchev–Trinajstić information content (AvgIpc) is 3.85. The molecule has 4 nitrogen and oxygen atoms in total. The number of nitrogens with zero attached hydrogens (tertiary/aromatic N) is 2. The van der Waals surface area contributed by atoms with Crippen molar-refractivity contribution < 1.29 is 9.47 Å². The smallest absolute Gasteiger partial charge is 0.130 e. The fourth-order valence-corrected chi connectivity index (χ4v) is 10.2. The van der Waals surface area contributed by atoms with Crippen LogP contribution in [-0.2, 0) is 11.2 Å². The van der Waals surface area contributed by atoms with Crippen LogP contribution in [0, 0.1) is 11.3 Å². The third-order valence-electron chi connectivity index (χ3n) is 12.4. The van der Waals surface area contributed by atoms with Gasteiger partial charge in [0.15, 0.2) is 0 Å². The van der Waals surface area contributed by atoms with E-state index in [2.05, 4.69) is 191 Å². The SMILES string of the molecule is CC1C(CC(CC(C)(C)C)OC(C)(C)C)=CC=C2Oc3ccc(-c4cc(-n5c6c(c7ccccc75)C=CCC6)cc(-n5c6ccccc6c6ccccc65)c4)cc3C21. The Labute approximate surface area is 343 Å². The van der Waals surface area contributed by atoms with Crippen molar-refractivity contribution in [2.24, 2.45) is 11.3 Å². The van der Waals surface area contributed by atoms with Crippen molar-refractivity contribution in [3.05, 3.63) is 156 Å². The number of benzene rings is 5. The van der Waals surface area contributed by atoms with E-state index in [0.29, 0.717) is 0 Å². The Morgan fingerprint density at radius 1 is 0.707 bits per heavy atom. The first-order valence-electron chi connectivity index (χ1n) is 21.2. The molecule has 3 heterocycles. The van der Waals surface area contributed by atoms with Crippen LogP contribution in [0.15, 0.2) is 139 Å². The van der Waals surface area contributed by atoms with E-state index < -0.39 is 0 Å². The van der Waals surface area contributed by atoms with E-state index in [4.69, 9.17) is 9.47 Å². The minimum atomic E-state index is -0.205. The molecular weight excluding hydrogens is 709 g/mol. The van der Waals surface area contributed by atoms with Gasteiger partial charge in [-0.15, -0.1) is 0 Å². The van der Waals surface area contributed by atoms with Crippen LogP contribution >= 0.6 is 0 Å². The minimum Gasteiger partial charge on any atom is -0.461 e. The normalized spacial score (nSPS) is 18.2. The fourth-order valence-electron chi connectivity index (χ4n) is 10.2. The summed E-state index contributed by atoms with van der Waals surface area (Å²) in [6, 6.07) is 40.6. The zero-order valence-electron chi connectivity index (χ0n) is 35.0. The van der Waals surface area contributed by atoms with E-state index in [1.807, 2.05) is 0 Å². The van der Waals surface area contributed by atoms with E-state index in [-0.39, 0.29) is 29.0 Å². The number of hydrogen-bond donors (Lipinski definition) is 0. The summed E-state index contributed by atoms with van der Waals surface area (Å²) in [7, 11) is 0. The molecule has 0 bridgehead atoms. The number of aromatic nitrogens is 2. The van der Waals surface area contributed by atoms with E-state index in [1.54, 1.807) is 0 Å². The molecule has 0 fully saturated rings. The van der Waals surface area contributed by atoms with Crippen molar-refractivity contribution in [2.45, 2.75) is 91.8 Å². The molecule has 10 rings (SSSR count). The monoisotopic (exact) mass is 762 g/mol. The van der Waals surface area contributed by atoms with Crippen molar-refractivity contribution in [1.82, 2.24) is 9.13 Å². The quantitative estimate of drug-likeness (QED) is 0.162. The van der Waals surface area contributed by atoms with Gasteiger partial charge in [0, 0.05) is 44.4 Å². The van der Waals surface area contributed by atoms with E-state index >= 15 is 0 Å². The van der Waals surface area contributed by atoms with Crippen LogP contribution in [-0.4, -0.2) is 20.8 Å². The molecule has 0 saturated heterocycles. The zero-order valence-corrected chi connectivity index (χ0v) is 35.0. The topological polar surface area (TPSA) is 28.3 Å². The van der Waals surface area contributed by atoms with Gasteiger partial charge < -0.3 is 18.6 Å². The maximum atomic E-state index is 6.72. The maximum absolute atomic E-state index is 6.72. The van der Waals surface area contributed by atoms with Gasteiger partial charge in [0.05, 0.1) is 34.2 Å². The van der Waals surface area contributed by atoms with E-state index in [1.165, 1.54) is 71.9 Å². The highest BCUT2D eigenvalue weighted by Gasteiger charge is 2.39. The summed E-state index contributed by atoms with van der Waals surface area (Å²) in [4.78, 5) is 0. The van der Waals surface area contributed by atoms with Crippen molar-refractivity contribution in [1.29, 1.82) is 0 Å². The number of allylic oxidation sites excluding steroid dienone is 4. The number of fused-ring (bicyclic) bond motifs is 9. The predicted octanol–water partition coefficient (Wildman–Crippen LogP) is 14.3. The Bertz CT molecular complexity index is 2780. The largest absolute Gasteiger partial charge is 0.461 e. The summed E-state index contributed by atoms with van der Waals surface area (Å²) in [6.45, 7) is 15.9. The van der Waals surface area contributed by atoms with Crippen LogP contribution in [0.25, 0.3) is 61.3 Å². The maximum Gasteiger partial charge on any atom is 0.130 e. The Morgan fingerprint density at radius 3 is 2.02 bits per heavy atom. The Kier molecular flexibility index (Phi) is 8.72. The summed E-state index contributed by atoms with van der Waals surface area (Å²) in [6.07, 6.45) is 13.3. The van der Waals surface area contributed by atoms with E-state index in [9.17, 15) is 0 Å². The minimum absolute atomic E-state index is 0.143. The molecule has 292 valence electrons. The highest BCUT2D eigenvalue weighted by molar-refractivity contribution is 6.09. The lowest BCUT2D eigenvalue weighted by atomic mass is 9.75. The molecule has 1 aliphatic heterocycles. The summed E-state index contributed by atoms with van der Waals surface area (Å²) < 4.78 is 18.3. The molecule has 2 aromatic heterocycles. The number of para-hydroxylation sites is 3. The Hall–Kier alpha value is -5.58.